The minimum absolute atomic E-state index is 0.0910. The molecule has 0 radical (unpaired) electrons. The maximum absolute atomic E-state index is 13.2. The molecule has 3 rings (SSSR count). The number of fused-ring (bicyclic) bond motifs is 1. The third-order valence-electron chi connectivity index (χ3n) is 3.93. The predicted molar refractivity (Wildman–Crippen MR) is 95.4 cm³/mol. The molecule has 2 aromatic rings. The fraction of sp³-hybridized carbons (Fsp3) is 0.263. The summed E-state index contributed by atoms with van der Waals surface area (Å²) < 4.78 is 18.3. The molecule has 0 unspecified atom stereocenters. The van der Waals surface area contributed by atoms with Gasteiger partial charge in [0.25, 0.3) is 5.91 Å². The van der Waals surface area contributed by atoms with E-state index in [4.69, 9.17) is 4.74 Å². The summed E-state index contributed by atoms with van der Waals surface area (Å²) in [6, 6.07) is 12.9. The molecule has 0 bridgehead atoms. The molecule has 0 spiro atoms. The van der Waals surface area contributed by atoms with Crippen LogP contribution in [0.2, 0.25) is 0 Å². The maximum Gasteiger partial charge on any atom is 0.338 e. The first kappa shape index (κ1) is 17.5. The summed E-state index contributed by atoms with van der Waals surface area (Å²) in [5, 5.41) is 0.397. The van der Waals surface area contributed by atoms with Crippen LogP contribution in [0, 0.1) is 5.82 Å². The number of halogens is 1. The van der Waals surface area contributed by atoms with Gasteiger partial charge in [-0.1, -0.05) is 25.1 Å². The minimum atomic E-state index is -0.710. The number of amides is 1. The topological polar surface area (TPSA) is 46.6 Å². The van der Waals surface area contributed by atoms with Gasteiger partial charge < -0.3 is 9.64 Å². The first-order valence-corrected chi connectivity index (χ1v) is 8.91. The zero-order valence-corrected chi connectivity index (χ0v) is 14.6. The molecule has 1 aliphatic heterocycles. The van der Waals surface area contributed by atoms with Gasteiger partial charge in [0, 0.05) is 16.7 Å². The molecule has 0 aliphatic carbocycles. The summed E-state index contributed by atoms with van der Waals surface area (Å²) in [5.74, 6) is -1.51. The Labute approximate surface area is 150 Å². The summed E-state index contributed by atoms with van der Waals surface area (Å²) in [7, 11) is 0. The smallest absolute Gasteiger partial charge is 0.338 e. The van der Waals surface area contributed by atoms with E-state index in [-0.39, 0.29) is 18.1 Å². The van der Waals surface area contributed by atoms with Crippen molar-refractivity contribution in [3.63, 3.8) is 0 Å². The van der Waals surface area contributed by atoms with Crippen LogP contribution in [0.15, 0.2) is 53.4 Å². The minimum Gasteiger partial charge on any atom is -0.452 e. The van der Waals surface area contributed by atoms with Crippen molar-refractivity contribution >= 4 is 29.3 Å². The Hall–Kier alpha value is -2.34. The molecule has 0 aromatic heterocycles. The Morgan fingerprint density at radius 3 is 2.84 bits per heavy atom. The fourth-order valence-electron chi connectivity index (χ4n) is 2.65. The van der Waals surface area contributed by atoms with Crippen LogP contribution in [0.4, 0.5) is 10.1 Å². The zero-order valence-electron chi connectivity index (χ0n) is 13.8. The van der Waals surface area contributed by atoms with Gasteiger partial charge in [-0.3, -0.25) is 4.79 Å². The Morgan fingerprint density at radius 1 is 1.24 bits per heavy atom. The summed E-state index contributed by atoms with van der Waals surface area (Å²) in [6.07, 6.45) is 0.850. The predicted octanol–water partition coefficient (Wildman–Crippen LogP) is 3.90. The number of rotatable bonds is 3. The van der Waals surface area contributed by atoms with Crippen LogP contribution >= 0.6 is 11.8 Å². The normalized spacial score (nSPS) is 16.7. The van der Waals surface area contributed by atoms with Crippen LogP contribution in [0.1, 0.15) is 23.7 Å². The number of nitrogens with zero attached hydrogens (tertiary/aromatic N) is 1. The maximum atomic E-state index is 13.2. The molecular weight excluding hydrogens is 341 g/mol. The number of ether oxygens (including phenoxy) is 1. The number of para-hydroxylation sites is 1. The SMILES string of the molecule is C[C@@H]1CCN(C(=O)COC(=O)c2cccc(F)c2)c2ccccc2S1. The molecule has 0 N–H and O–H groups in total. The molecule has 1 atom stereocenters. The lowest BCUT2D eigenvalue weighted by atomic mass is 10.2. The highest BCUT2D eigenvalue weighted by Crippen LogP contribution is 2.37. The first-order valence-electron chi connectivity index (χ1n) is 8.03. The molecule has 1 aliphatic rings. The van der Waals surface area contributed by atoms with Gasteiger partial charge in [-0.25, -0.2) is 9.18 Å². The molecule has 0 fully saturated rings. The molecule has 1 heterocycles. The molecule has 0 saturated carbocycles. The van der Waals surface area contributed by atoms with Gasteiger partial charge in [0.2, 0.25) is 0 Å². The Morgan fingerprint density at radius 2 is 2.04 bits per heavy atom. The number of carbonyl (C=O) groups excluding carboxylic acids is 2. The number of esters is 1. The average Bonchev–Trinajstić information content (AvgIpc) is 2.77. The fourth-order valence-corrected chi connectivity index (χ4v) is 3.76. The zero-order chi connectivity index (χ0) is 17.8. The lowest BCUT2D eigenvalue weighted by Gasteiger charge is -2.22. The highest BCUT2D eigenvalue weighted by molar-refractivity contribution is 8.00. The third-order valence-corrected chi connectivity index (χ3v) is 5.17. The van der Waals surface area contributed by atoms with Gasteiger partial charge in [-0.2, -0.15) is 0 Å². The van der Waals surface area contributed by atoms with E-state index in [1.54, 1.807) is 16.7 Å². The summed E-state index contributed by atoms with van der Waals surface area (Å²) in [6.45, 7) is 2.32. The van der Waals surface area contributed by atoms with Crippen molar-refractivity contribution in [2.45, 2.75) is 23.5 Å². The van der Waals surface area contributed by atoms with E-state index in [0.29, 0.717) is 11.8 Å². The Bertz CT molecular complexity index is 796. The molecular formula is C19H18FNO3S. The lowest BCUT2D eigenvalue weighted by Crippen LogP contribution is -2.35. The van der Waals surface area contributed by atoms with Crippen LogP contribution in [-0.4, -0.2) is 30.3 Å². The van der Waals surface area contributed by atoms with Crippen LogP contribution in [-0.2, 0) is 9.53 Å². The molecule has 6 heteroatoms. The summed E-state index contributed by atoms with van der Waals surface area (Å²) in [5.41, 5.74) is 0.928. The van der Waals surface area contributed by atoms with Crippen LogP contribution in [0.25, 0.3) is 0 Å². The van der Waals surface area contributed by atoms with E-state index in [2.05, 4.69) is 6.92 Å². The van der Waals surface area contributed by atoms with Gasteiger partial charge >= 0.3 is 5.97 Å². The number of benzene rings is 2. The number of anilines is 1. The van der Waals surface area contributed by atoms with E-state index in [9.17, 15) is 14.0 Å². The van der Waals surface area contributed by atoms with E-state index in [1.165, 1.54) is 18.2 Å². The van der Waals surface area contributed by atoms with Crippen LogP contribution < -0.4 is 4.90 Å². The molecule has 25 heavy (non-hydrogen) atoms. The van der Waals surface area contributed by atoms with E-state index in [1.807, 2.05) is 24.3 Å². The van der Waals surface area contributed by atoms with Crippen molar-refractivity contribution in [1.29, 1.82) is 0 Å². The second-order valence-electron chi connectivity index (χ2n) is 5.82. The first-order chi connectivity index (χ1) is 12.0. The number of hydrogen-bond donors (Lipinski definition) is 0. The van der Waals surface area contributed by atoms with Gasteiger partial charge in [-0.05, 0) is 36.8 Å². The summed E-state index contributed by atoms with van der Waals surface area (Å²) >= 11 is 1.73. The highest BCUT2D eigenvalue weighted by atomic mass is 32.2. The van der Waals surface area contributed by atoms with Crippen molar-refractivity contribution in [2.24, 2.45) is 0 Å². The number of hydrogen-bond acceptors (Lipinski definition) is 4. The van der Waals surface area contributed by atoms with Crippen molar-refractivity contribution in [3.8, 4) is 0 Å². The molecule has 130 valence electrons. The van der Waals surface area contributed by atoms with E-state index in [0.717, 1.165) is 23.1 Å². The second kappa shape index (κ2) is 7.70. The standard InChI is InChI=1S/C19H18FNO3S/c1-13-9-10-21(16-7-2-3-8-17(16)25-13)18(22)12-24-19(23)14-5-4-6-15(20)11-14/h2-8,11,13H,9-10,12H2,1H3/t13-/m1/s1. The van der Waals surface area contributed by atoms with Crippen molar-refractivity contribution in [3.05, 3.63) is 59.9 Å². The molecule has 0 saturated heterocycles. The van der Waals surface area contributed by atoms with E-state index >= 15 is 0 Å². The number of carbonyl (C=O) groups is 2. The quantitative estimate of drug-likeness (QED) is 0.780. The Balaban J connectivity index is 1.70. The molecule has 2 aromatic carbocycles. The second-order valence-corrected chi connectivity index (χ2v) is 7.30. The van der Waals surface area contributed by atoms with Crippen molar-refractivity contribution in [2.75, 3.05) is 18.1 Å². The molecule has 1 amide bonds. The number of thioether (sulfide) groups is 1. The van der Waals surface area contributed by atoms with Crippen molar-refractivity contribution in [1.82, 2.24) is 0 Å². The van der Waals surface area contributed by atoms with Crippen molar-refractivity contribution < 1.29 is 18.7 Å². The van der Waals surface area contributed by atoms with Crippen LogP contribution in [0.5, 0.6) is 0 Å². The van der Waals surface area contributed by atoms with E-state index < -0.39 is 11.8 Å². The molecule has 4 nitrogen and oxygen atoms in total. The largest absolute Gasteiger partial charge is 0.452 e. The van der Waals surface area contributed by atoms with Gasteiger partial charge in [0.1, 0.15) is 5.82 Å². The van der Waals surface area contributed by atoms with Crippen LogP contribution in [0.3, 0.4) is 0 Å². The third kappa shape index (κ3) is 4.20. The monoisotopic (exact) mass is 359 g/mol. The lowest BCUT2D eigenvalue weighted by molar-refractivity contribution is -0.121. The van der Waals surface area contributed by atoms with Gasteiger partial charge in [0.05, 0.1) is 11.3 Å². The van der Waals surface area contributed by atoms with Gasteiger partial charge in [-0.15, -0.1) is 11.8 Å². The highest BCUT2D eigenvalue weighted by Gasteiger charge is 2.25. The Kier molecular flexibility index (Phi) is 5.38. The summed E-state index contributed by atoms with van der Waals surface area (Å²) in [4.78, 5) is 27.3. The van der Waals surface area contributed by atoms with Gasteiger partial charge in [0.15, 0.2) is 6.61 Å². The average molecular weight is 359 g/mol.